The Kier molecular flexibility index (Phi) is 7.64. The zero-order chi connectivity index (χ0) is 27.4. The summed E-state index contributed by atoms with van der Waals surface area (Å²) in [6.07, 6.45) is 12.9. The van der Waals surface area contributed by atoms with Gasteiger partial charge in [0, 0.05) is 37.9 Å². The Balaban J connectivity index is 1.26. The summed E-state index contributed by atoms with van der Waals surface area (Å²) in [6.45, 7) is 14.6. The second kappa shape index (κ2) is 10.8. The van der Waals surface area contributed by atoms with Gasteiger partial charge in [0.25, 0.3) is 0 Å². The van der Waals surface area contributed by atoms with E-state index in [1.54, 1.807) is 11.1 Å². The van der Waals surface area contributed by atoms with Crippen molar-refractivity contribution >= 4 is 5.78 Å². The van der Waals surface area contributed by atoms with E-state index in [2.05, 4.69) is 69.9 Å². The molecule has 3 nitrogen and oxygen atoms in total. The van der Waals surface area contributed by atoms with E-state index in [1.165, 1.54) is 50.6 Å². The molecule has 1 aromatic carbocycles. The molecule has 3 aliphatic carbocycles. The first kappa shape index (κ1) is 27.7. The van der Waals surface area contributed by atoms with Gasteiger partial charge < -0.3 is 4.74 Å². The van der Waals surface area contributed by atoms with Crippen LogP contribution in [0.25, 0.3) is 0 Å². The lowest BCUT2D eigenvalue weighted by molar-refractivity contribution is -0.123. The maximum Gasteiger partial charge on any atom is 0.132 e. The van der Waals surface area contributed by atoms with Crippen LogP contribution in [0.15, 0.2) is 41.5 Å². The third-order valence-corrected chi connectivity index (χ3v) is 12.3. The molecule has 0 amide bonds. The molecule has 2 aliphatic heterocycles. The van der Waals surface area contributed by atoms with Crippen LogP contribution in [0.3, 0.4) is 0 Å². The molecule has 39 heavy (non-hydrogen) atoms. The molecule has 8 atom stereocenters. The molecule has 2 unspecified atom stereocenters. The highest BCUT2D eigenvalue weighted by Gasteiger charge is 2.58. The van der Waals surface area contributed by atoms with Crippen molar-refractivity contribution in [1.82, 2.24) is 4.90 Å². The van der Waals surface area contributed by atoms with E-state index in [-0.39, 0.29) is 5.60 Å². The number of carbonyl (C=O) groups excluding carboxylic acids is 1. The predicted octanol–water partition coefficient (Wildman–Crippen LogP) is 8.37. The largest absolute Gasteiger partial charge is 0.369 e. The number of likely N-dealkylation sites (tertiary alicyclic amines) is 1. The minimum atomic E-state index is -0.0107. The Bertz CT molecular complexity index is 1070. The molecule has 4 fully saturated rings. The van der Waals surface area contributed by atoms with Crippen LogP contribution in [-0.2, 0) is 16.1 Å². The third-order valence-electron chi connectivity index (χ3n) is 12.3. The van der Waals surface area contributed by atoms with Gasteiger partial charge in [-0.05, 0) is 92.9 Å². The van der Waals surface area contributed by atoms with Crippen LogP contribution >= 0.6 is 0 Å². The Morgan fingerprint density at radius 1 is 1.08 bits per heavy atom. The summed E-state index contributed by atoms with van der Waals surface area (Å²) in [5.74, 6) is 3.98. The van der Waals surface area contributed by atoms with Crippen LogP contribution in [0.5, 0.6) is 0 Å². The summed E-state index contributed by atoms with van der Waals surface area (Å²) >= 11 is 0. The molecule has 3 heteroatoms. The number of ether oxygens (including phenoxy) is 1. The molecule has 1 aromatic rings. The lowest BCUT2D eigenvalue weighted by Gasteiger charge is -2.43. The second-order valence-corrected chi connectivity index (χ2v) is 14.8. The van der Waals surface area contributed by atoms with E-state index in [0.717, 1.165) is 56.4 Å². The fourth-order valence-corrected chi connectivity index (χ4v) is 10.3. The highest BCUT2D eigenvalue weighted by molar-refractivity contribution is 5.79. The van der Waals surface area contributed by atoms with Gasteiger partial charge >= 0.3 is 0 Å². The van der Waals surface area contributed by atoms with Crippen LogP contribution in [0, 0.1) is 35.0 Å². The fourth-order valence-electron chi connectivity index (χ4n) is 10.3. The summed E-state index contributed by atoms with van der Waals surface area (Å²) in [6, 6.07) is 11.6. The molecule has 0 bridgehead atoms. The minimum absolute atomic E-state index is 0.0107. The molecule has 0 aromatic heterocycles. The van der Waals surface area contributed by atoms with Gasteiger partial charge in [-0.15, -0.1) is 0 Å². The summed E-state index contributed by atoms with van der Waals surface area (Å²) in [7, 11) is 0. The number of piperidine rings is 1. The van der Waals surface area contributed by atoms with Crippen molar-refractivity contribution in [3.8, 4) is 0 Å². The van der Waals surface area contributed by atoms with Gasteiger partial charge in [0.1, 0.15) is 5.78 Å². The van der Waals surface area contributed by atoms with Gasteiger partial charge in [-0.2, -0.15) is 0 Å². The van der Waals surface area contributed by atoms with Crippen molar-refractivity contribution in [2.24, 2.45) is 35.0 Å². The van der Waals surface area contributed by atoms with Crippen molar-refractivity contribution in [1.29, 1.82) is 0 Å². The first-order valence-electron chi connectivity index (χ1n) is 16.4. The minimum Gasteiger partial charge on any atom is -0.369 e. The van der Waals surface area contributed by atoms with Crippen LogP contribution in [0.1, 0.15) is 111 Å². The lowest BCUT2D eigenvalue weighted by Crippen LogP contribution is -2.51. The smallest absolute Gasteiger partial charge is 0.132 e. The number of ketones is 1. The number of rotatable bonds is 5. The van der Waals surface area contributed by atoms with Crippen molar-refractivity contribution in [2.75, 3.05) is 6.54 Å². The molecule has 2 saturated carbocycles. The van der Waals surface area contributed by atoms with Crippen molar-refractivity contribution in [3.05, 3.63) is 47.0 Å². The van der Waals surface area contributed by atoms with Gasteiger partial charge in [-0.25, -0.2) is 0 Å². The highest BCUT2D eigenvalue weighted by Crippen LogP contribution is 2.61. The van der Waals surface area contributed by atoms with E-state index < -0.39 is 0 Å². The standard InChI is InChI=1S/C36H53NO2/c1-6-10-30-29-15-18-36(21-25(3)31(29)20-32(30)35(5)16-13-28(38)14-17-35)26(4)34-33(39-36)19-24(2)22-37(34)23-27-11-8-7-9-12-27/h7-9,11-12,24,26,29-30,32-34H,6,10,13-23H2,1-5H3/t24-,26+,29-,30?,32-,33?,34-,36-/m0/s1. The zero-order valence-electron chi connectivity index (χ0n) is 25.4. The summed E-state index contributed by atoms with van der Waals surface area (Å²) in [4.78, 5) is 14.9. The lowest BCUT2D eigenvalue weighted by atomic mass is 9.62. The first-order valence-corrected chi connectivity index (χ1v) is 16.4. The Morgan fingerprint density at radius 2 is 1.82 bits per heavy atom. The summed E-state index contributed by atoms with van der Waals surface area (Å²) < 4.78 is 7.32. The number of allylic oxidation sites excluding steroid dienone is 1. The molecule has 214 valence electrons. The molecule has 6 rings (SSSR count). The number of hydrogen-bond donors (Lipinski definition) is 0. The van der Waals surface area contributed by atoms with E-state index in [0.29, 0.717) is 35.2 Å². The summed E-state index contributed by atoms with van der Waals surface area (Å²) in [5, 5.41) is 0. The molecule has 0 radical (unpaired) electrons. The number of carbonyl (C=O) groups is 1. The van der Waals surface area contributed by atoms with Gasteiger partial charge in [-0.3, -0.25) is 9.69 Å². The third kappa shape index (κ3) is 4.99. The van der Waals surface area contributed by atoms with Crippen LogP contribution in [0.4, 0.5) is 0 Å². The number of fused-ring (bicyclic) bond motifs is 2. The maximum absolute atomic E-state index is 12.1. The molecule has 5 aliphatic rings. The number of Topliss-reactive ketones (excluding diaryl/α,β-unsaturated/α-hetero) is 1. The van der Waals surface area contributed by atoms with Crippen molar-refractivity contribution < 1.29 is 9.53 Å². The van der Waals surface area contributed by atoms with Crippen molar-refractivity contribution in [3.63, 3.8) is 0 Å². The van der Waals surface area contributed by atoms with Gasteiger partial charge in [0.15, 0.2) is 0 Å². The Hall–Kier alpha value is -1.45. The number of nitrogens with zero attached hydrogens (tertiary/aromatic N) is 1. The number of hydrogen-bond acceptors (Lipinski definition) is 3. The van der Waals surface area contributed by atoms with E-state index in [9.17, 15) is 4.79 Å². The molecular weight excluding hydrogens is 478 g/mol. The highest BCUT2D eigenvalue weighted by atomic mass is 16.5. The zero-order valence-corrected chi connectivity index (χ0v) is 25.4. The van der Waals surface area contributed by atoms with Crippen LogP contribution in [-0.4, -0.2) is 35.0 Å². The average Bonchev–Trinajstić information content (AvgIpc) is 3.36. The quantitative estimate of drug-likeness (QED) is 0.357. The number of benzene rings is 1. The fraction of sp³-hybridized carbons (Fsp3) is 0.750. The second-order valence-electron chi connectivity index (χ2n) is 14.8. The van der Waals surface area contributed by atoms with Crippen LogP contribution in [0.2, 0.25) is 0 Å². The van der Waals surface area contributed by atoms with Crippen LogP contribution < -0.4 is 0 Å². The van der Waals surface area contributed by atoms with Gasteiger partial charge in [0.2, 0.25) is 0 Å². The van der Waals surface area contributed by atoms with E-state index >= 15 is 0 Å². The molecule has 0 N–H and O–H groups in total. The molecular formula is C36H53NO2. The van der Waals surface area contributed by atoms with E-state index in [1.807, 2.05) is 0 Å². The SMILES string of the molecule is CCCC1[C@@H]2CC[C@@]3(CC(C)=C2C[C@@H]1C1(C)CCC(=O)CC1)OC1C[C@H](C)CN(Cc2ccccc2)[C@H]1[C@H]3C. The topological polar surface area (TPSA) is 29.5 Å². The van der Waals surface area contributed by atoms with E-state index in [4.69, 9.17) is 4.74 Å². The Morgan fingerprint density at radius 3 is 2.54 bits per heavy atom. The first-order chi connectivity index (χ1) is 18.7. The molecule has 2 saturated heterocycles. The Labute approximate surface area is 238 Å². The maximum atomic E-state index is 12.1. The monoisotopic (exact) mass is 531 g/mol. The summed E-state index contributed by atoms with van der Waals surface area (Å²) in [5.41, 5.74) is 5.21. The normalized spacial score (nSPS) is 40.5. The molecule has 1 spiro atoms. The average molecular weight is 532 g/mol. The molecule has 2 heterocycles. The predicted molar refractivity (Wildman–Crippen MR) is 159 cm³/mol. The van der Waals surface area contributed by atoms with Gasteiger partial charge in [-0.1, -0.05) is 75.6 Å². The van der Waals surface area contributed by atoms with Crippen molar-refractivity contribution in [2.45, 2.75) is 130 Å². The van der Waals surface area contributed by atoms with Gasteiger partial charge in [0.05, 0.1) is 11.7 Å².